The van der Waals surface area contributed by atoms with Gasteiger partial charge in [0.1, 0.15) is 11.6 Å². The predicted octanol–water partition coefficient (Wildman–Crippen LogP) is 2.62. The zero-order valence-electron chi connectivity index (χ0n) is 11.5. The van der Waals surface area contributed by atoms with Gasteiger partial charge in [0.2, 0.25) is 5.91 Å². The number of benzene rings is 1. The minimum Gasteiger partial charge on any atom is -0.481 e. The highest BCUT2D eigenvalue weighted by atomic mass is 19.1. The molecule has 0 atom stereocenters. The van der Waals surface area contributed by atoms with E-state index in [-0.39, 0.29) is 18.5 Å². The molecule has 0 aromatic heterocycles. The molecule has 1 saturated carbocycles. The molecular formula is C15H17F2NO3. The van der Waals surface area contributed by atoms with E-state index in [2.05, 4.69) is 5.32 Å². The Kier molecular flexibility index (Phi) is 4.55. The van der Waals surface area contributed by atoms with E-state index in [1.807, 2.05) is 0 Å². The maximum absolute atomic E-state index is 13.4. The van der Waals surface area contributed by atoms with Gasteiger partial charge in [-0.3, -0.25) is 9.59 Å². The monoisotopic (exact) mass is 297 g/mol. The predicted molar refractivity (Wildman–Crippen MR) is 71.4 cm³/mol. The third-order valence-electron chi connectivity index (χ3n) is 4.00. The van der Waals surface area contributed by atoms with Crippen molar-refractivity contribution < 1.29 is 23.5 Å². The lowest BCUT2D eigenvalue weighted by atomic mass is 9.82. The second-order valence-electron chi connectivity index (χ2n) is 5.48. The molecule has 114 valence electrons. The Morgan fingerprint density at radius 1 is 1.24 bits per heavy atom. The normalized spacial score (nSPS) is 16.7. The number of amides is 1. The molecule has 0 aliphatic heterocycles. The van der Waals surface area contributed by atoms with Crippen LogP contribution in [-0.4, -0.2) is 17.0 Å². The van der Waals surface area contributed by atoms with Gasteiger partial charge in [0.15, 0.2) is 0 Å². The first kappa shape index (κ1) is 15.4. The van der Waals surface area contributed by atoms with E-state index in [1.165, 1.54) is 0 Å². The molecule has 0 unspecified atom stereocenters. The van der Waals surface area contributed by atoms with Crippen LogP contribution in [-0.2, 0) is 16.1 Å². The van der Waals surface area contributed by atoms with E-state index < -0.39 is 28.9 Å². The first-order valence-corrected chi connectivity index (χ1v) is 6.87. The summed E-state index contributed by atoms with van der Waals surface area (Å²) in [5.41, 5.74) is -0.968. The lowest BCUT2D eigenvalue weighted by molar-refractivity contribution is -0.151. The van der Waals surface area contributed by atoms with E-state index in [9.17, 15) is 23.5 Å². The average Bonchev–Trinajstić information content (AvgIpc) is 2.89. The Bertz CT molecular complexity index is 554. The number of carbonyl (C=O) groups excluding carboxylic acids is 1. The van der Waals surface area contributed by atoms with Crippen molar-refractivity contribution in [1.29, 1.82) is 0 Å². The first-order valence-electron chi connectivity index (χ1n) is 6.87. The first-order chi connectivity index (χ1) is 9.93. The molecular weight excluding hydrogens is 280 g/mol. The van der Waals surface area contributed by atoms with Gasteiger partial charge in [0, 0.05) is 18.5 Å². The van der Waals surface area contributed by atoms with Crippen LogP contribution in [0.25, 0.3) is 0 Å². The fraction of sp³-hybridized carbons (Fsp3) is 0.467. The summed E-state index contributed by atoms with van der Waals surface area (Å²) in [6, 6.07) is 3.00. The van der Waals surface area contributed by atoms with Gasteiger partial charge in [-0.1, -0.05) is 12.8 Å². The second kappa shape index (κ2) is 6.20. The number of carboxylic acids is 1. The number of carbonyl (C=O) groups is 2. The van der Waals surface area contributed by atoms with Gasteiger partial charge in [-0.2, -0.15) is 0 Å². The lowest BCUT2D eigenvalue weighted by Crippen LogP contribution is -2.35. The van der Waals surface area contributed by atoms with Gasteiger partial charge in [0.25, 0.3) is 0 Å². The molecule has 1 aromatic rings. The largest absolute Gasteiger partial charge is 0.481 e. The summed E-state index contributed by atoms with van der Waals surface area (Å²) in [7, 11) is 0. The van der Waals surface area contributed by atoms with Crippen LogP contribution in [0, 0.1) is 17.0 Å². The molecule has 4 nitrogen and oxygen atoms in total. The summed E-state index contributed by atoms with van der Waals surface area (Å²) in [6.45, 7) is -0.155. The van der Waals surface area contributed by atoms with Crippen LogP contribution in [0.1, 0.15) is 37.7 Å². The van der Waals surface area contributed by atoms with E-state index in [4.69, 9.17) is 0 Å². The molecule has 0 heterocycles. The molecule has 0 saturated heterocycles. The summed E-state index contributed by atoms with van der Waals surface area (Å²) in [6.07, 6.45) is 2.41. The van der Waals surface area contributed by atoms with Crippen LogP contribution < -0.4 is 5.32 Å². The van der Waals surface area contributed by atoms with Crippen LogP contribution in [0.2, 0.25) is 0 Å². The van der Waals surface area contributed by atoms with Crippen LogP contribution in [0.15, 0.2) is 18.2 Å². The van der Waals surface area contributed by atoms with Crippen molar-refractivity contribution in [2.75, 3.05) is 0 Å². The number of hydrogen-bond donors (Lipinski definition) is 2. The van der Waals surface area contributed by atoms with Crippen molar-refractivity contribution in [2.24, 2.45) is 5.41 Å². The number of nitrogens with one attached hydrogen (secondary N) is 1. The molecule has 6 heteroatoms. The minimum absolute atomic E-state index is 0.0409. The summed E-state index contributed by atoms with van der Waals surface area (Å²) < 4.78 is 26.4. The Morgan fingerprint density at radius 3 is 2.52 bits per heavy atom. The van der Waals surface area contributed by atoms with E-state index in [1.54, 1.807) is 0 Å². The molecule has 21 heavy (non-hydrogen) atoms. The number of rotatable bonds is 5. The summed E-state index contributed by atoms with van der Waals surface area (Å²) in [5, 5.41) is 11.8. The molecule has 2 rings (SSSR count). The second-order valence-corrected chi connectivity index (χ2v) is 5.48. The Morgan fingerprint density at radius 2 is 1.90 bits per heavy atom. The molecule has 1 amide bonds. The van der Waals surface area contributed by atoms with Crippen molar-refractivity contribution in [3.05, 3.63) is 35.4 Å². The van der Waals surface area contributed by atoms with Gasteiger partial charge in [-0.05, 0) is 31.0 Å². The minimum atomic E-state index is -1.01. The van der Waals surface area contributed by atoms with Gasteiger partial charge in [-0.25, -0.2) is 8.78 Å². The highest BCUT2D eigenvalue weighted by molar-refractivity contribution is 5.85. The van der Waals surface area contributed by atoms with Crippen molar-refractivity contribution in [3.63, 3.8) is 0 Å². The van der Waals surface area contributed by atoms with E-state index in [0.29, 0.717) is 12.8 Å². The maximum atomic E-state index is 13.4. The molecule has 2 N–H and O–H groups in total. The van der Waals surface area contributed by atoms with E-state index in [0.717, 1.165) is 31.0 Å². The number of hydrogen-bond acceptors (Lipinski definition) is 2. The highest BCUT2D eigenvalue weighted by Crippen LogP contribution is 2.41. The van der Waals surface area contributed by atoms with Gasteiger partial charge >= 0.3 is 5.97 Å². The molecule has 1 fully saturated rings. The molecule has 1 aliphatic carbocycles. The Balaban J connectivity index is 1.96. The van der Waals surface area contributed by atoms with Crippen LogP contribution in [0.5, 0.6) is 0 Å². The fourth-order valence-corrected chi connectivity index (χ4v) is 2.76. The average molecular weight is 297 g/mol. The van der Waals surface area contributed by atoms with Gasteiger partial charge in [-0.15, -0.1) is 0 Å². The lowest BCUT2D eigenvalue weighted by Gasteiger charge is -2.22. The van der Waals surface area contributed by atoms with Crippen molar-refractivity contribution in [1.82, 2.24) is 5.32 Å². The third kappa shape index (κ3) is 3.56. The quantitative estimate of drug-likeness (QED) is 0.878. The van der Waals surface area contributed by atoms with Crippen LogP contribution in [0.3, 0.4) is 0 Å². The number of halogens is 2. The van der Waals surface area contributed by atoms with Crippen LogP contribution >= 0.6 is 0 Å². The Labute approximate surface area is 121 Å². The fourth-order valence-electron chi connectivity index (χ4n) is 2.76. The zero-order chi connectivity index (χ0) is 15.5. The summed E-state index contributed by atoms with van der Waals surface area (Å²) >= 11 is 0. The van der Waals surface area contributed by atoms with Gasteiger partial charge < -0.3 is 10.4 Å². The highest BCUT2D eigenvalue weighted by Gasteiger charge is 2.42. The van der Waals surface area contributed by atoms with Crippen molar-refractivity contribution >= 4 is 11.9 Å². The maximum Gasteiger partial charge on any atom is 0.310 e. The van der Waals surface area contributed by atoms with Gasteiger partial charge in [0.05, 0.1) is 5.41 Å². The van der Waals surface area contributed by atoms with E-state index >= 15 is 0 Å². The topological polar surface area (TPSA) is 66.4 Å². The van der Waals surface area contributed by atoms with Crippen molar-refractivity contribution in [3.8, 4) is 0 Å². The molecule has 1 aromatic carbocycles. The summed E-state index contributed by atoms with van der Waals surface area (Å²) in [4.78, 5) is 23.2. The smallest absolute Gasteiger partial charge is 0.310 e. The third-order valence-corrected chi connectivity index (χ3v) is 4.00. The summed E-state index contributed by atoms with van der Waals surface area (Å²) in [5.74, 6) is -2.61. The molecule has 0 spiro atoms. The van der Waals surface area contributed by atoms with Crippen molar-refractivity contribution in [2.45, 2.75) is 38.6 Å². The number of aliphatic carboxylic acids is 1. The van der Waals surface area contributed by atoms with Crippen LogP contribution in [0.4, 0.5) is 8.78 Å². The number of carboxylic acid groups (broad SMARTS) is 1. The standard InChI is InChI=1S/C15H17F2NO3/c16-11-3-4-12(17)10(7-11)9-18-13(19)8-15(14(20)21)5-1-2-6-15/h3-4,7H,1-2,5-6,8-9H2,(H,18,19)(H,20,21). The molecule has 1 aliphatic rings. The molecule has 0 radical (unpaired) electrons. The SMILES string of the molecule is O=C(CC1(C(=O)O)CCCC1)NCc1cc(F)ccc1F. The Hall–Kier alpha value is -1.98. The molecule has 0 bridgehead atoms. The zero-order valence-corrected chi connectivity index (χ0v) is 11.5.